The number of rotatable bonds is 4. The van der Waals surface area contributed by atoms with Crippen molar-refractivity contribution in [2.75, 3.05) is 18.9 Å². The average Bonchev–Trinajstić information content (AvgIpc) is 2.18. The summed E-state index contributed by atoms with van der Waals surface area (Å²) in [7, 11) is 1.81. The van der Waals surface area contributed by atoms with E-state index in [2.05, 4.69) is 31.5 Å². The zero-order valence-corrected chi connectivity index (χ0v) is 9.47. The molecule has 0 atom stereocenters. The highest BCUT2D eigenvalue weighted by molar-refractivity contribution is 9.10. The Balaban J connectivity index is 2.44. The molecular formula is C9H12BrN3O. The fourth-order valence-corrected chi connectivity index (χ4v) is 1.15. The number of hydrogen-bond donors (Lipinski definition) is 2. The number of carbonyl (C=O) groups excluding carboxylic acids is 1. The van der Waals surface area contributed by atoms with Gasteiger partial charge < -0.3 is 10.6 Å². The molecule has 4 nitrogen and oxygen atoms in total. The second-order valence-electron chi connectivity index (χ2n) is 2.77. The number of pyridine rings is 1. The van der Waals surface area contributed by atoms with Crippen LogP contribution in [0.15, 0.2) is 22.9 Å². The predicted octanol–water partition coefficient (Wildman–Crippen LogP) is 1.39. The van der Waals surface area contributed by atoms with Crippen LogP contribution in [0, 0.1) is 0 Å². The van der Waals surface area contributed by atoms with Gasteiger partial charge in [0.1, 0.15) is 4.60 Å². The molecule has 0 fully saturated rings. The minimum atomic E-state index is -0.0107. The first kappa shape index (κ1) is 11.1. The smallest absolute Gasteiger partial charge is 0.225 e. The fraction of sp³-hybridized carbons (Fsp3) is 0.333. The van der Waals surface area contributed by atoms with Crippen LogP contribution in [0.3, 0.4) is 0 Å². The van der Waals surface area contributed by atoms with Crippen LogP contribution in [0.5, 0.6) is 0 Å². The number of anilines is 1. The monoisotopic (exact) mass is 257 g/mol. The second kappa shape index (κ2) is 5.72. The molecule has 0 radical (unpaired) electrons. The summed E-state index contributed by atoms with van der Waals surface area (Å²) in [4.78, 5) is 15.3. The first-order chi connectivity index (χ1) is 6.72. The largest absolute Gasteiger partial charge is 0.325 e. The first-order valence-corrected chi connectivity index (χ1v) is 5.07. The molecule has 1 rings (SSSR count). The Hall–Kier alpha value is -0.940. The molecule has 0 aliphatic rings. The van der Waals surface area contributed by atoms with E-state index in [1.165, 1.54) is 0 Å². The lowest BCUT2D eigenvalue weighted by Crippen LogP contribution is -2.18. The lowest BCUT2D eigenvalue weighted by Gasteiger charge is -2.03. The van der Waals surface area contributed by atoms with Crippen LogP contribution < -0.4 is 10.6 Å². The molecule has 14 heavy (non-hydrogen) atoms. The topological polar surface area (TPSA) is 54.0 Å². The minimum absolute atomic E-state index is 0.0107. The van der Waals surface area contributed by atoms with Crippen LogP contribution in [0.4, 0.5) is 5.69 Å². The lowest BCUT2D eigenvalue weighted by atomic mass is 10.3. The third kappa shape index (κ3) is 3.85. The van der Waals surface area contributed by atoms with E-state index in [9.17, 15) is 4.79 Å². The molecule has 5 heteroatoms. The van der Waals surface area contributed by atoms with Gasteiger partial charge in [-0.15, -0.1) is 0 Å². The van der Waals surface area contributed by atoms with Gasteiger partial charge in [0, 0.05) is 13.0 Å². The molecule has 1 heterocycles. The maximum atomic E-state index is 11.3. The van der Waals surface area contributed by atoms with Gasteiger partial charge in [0.2, 0.25) is 5.91 Å². The Bertz CT molecular complexity index is 299. The van der Waals surface area contributed by atoms with E-state index < -0.39 is 0 Å². The molecule has 0 saturated carbocycles. The van der Waals surface area contributed by atoms with Gasteiger partial charge in [0.05, 0.1) is 11.9 Å². The molecule has 0 unspecified atom stereocenters. The molecule has 0 aliphatic heterocycles. The van der Waals surface area contributed by atoms with Gasteiger partial charge in [-0.3, -0.25) is 4.79 Å². The number of hydrogen-bond acceptors (Lipinski definition) is 3. The number of nitrogens with one attached hydrogen (secondary N) is 2. The Labute approximate surface area is 91.2 Å². The van der Waals surface area contributed by atoms with Gasteiger partial charge in [-0.25, -0.2) is 4.98 Å². The number of aromatic nitrogens is 1. The molecule has 1 aromatic rings. The zero-order chi connectivity index (χ0) is 10.4. The Morgan fingerprint density at radius 1 is 1.57 bits per heavy atom. The van der Waals surface area contributed by atoms with E-state index in [0.717, 1.165) is 4.60 Å². The molecule has 1 aromatic heterocycles. The summed E-state index contributed by atoms with van der Waals surface area (Å²) in [6, 6.07) is 3.59. The Kier molecular flexibility index (Phi) is 4.55. The van der Waals surface area contributed by atoms with Gasteiger partial charge in [0.15, 0.2) is 0 Å². The Morgan fingerprint density at radius 2 is 2.36 bits per heavy atom. The number of carbonyl (C=O) groups is 1. The molecule has 1 amide bonds. The maximum Gasteiger partial charge on any atom is 0.225 e. The van der Waals surface area contributed by atoms with Crippen molar-refractivity contribution < 1.29 is 4.79 Å². The minimum Gasteiger partial charge on any atom is -0.325 e. The summed E-state index contributed by atoms with van der Waals surface area (Å²) in [6.07, 6.45) is 2.08. The highest BCUT2D eigenvalue weighted by Gasteiger charge is 2.00. The summed E-state index contributed by atoms with van der Waals surface area (Å²) < 4.78 is 0.755. The molecule has 2 N–H and O–H groups in total. The van der Waals surface area contributed by atoms with Crippen molar-refractivity contribution in [2.24, 2.45) is 0 Å². The standard InChI is InChI=1S/C9H12BrN3O/c1-11-5-4-9(14)13-7-2-3-8(10)12-6-7/h2-3,6,11H,4-5H2,1H3,(H,13,14). The van der Waals surface area contributed by atoms with E-state index in [-0.39, 0.29) is 5.91 Å². The lowest BCUT2D eigenvalue weighted by molar-refractivity contribution is -0.116. The third-order valence-corrected chi connectivity index (χ3v) is 2.08. The summed E-state index contributed by atoms with van der Waals surface area (Å²) in [5.41, 5.74) is 0.717. The van der Waals surface area contributed by atoms with Gasteiger partial charge >= 0.3 is 0 Å². The van der Waals surface area contributed by atoms with Crippen LogP contribution in [0.2, 0.25) is 0 Å². The van der Waals surface area contributed by atoms with E-state index in [0.29, 0.717) is 18.7 Å². The van der Waals surface area contributed by atoms with Gasteiger partial charge in [0.25, 0.3) is 0 Å². The van der Waals surface area contributed by atoms with Crippen molar-refractivity contribution in [1.29, 1.82) is 0 Å². The fourth-order valence-electron chi connectivity index (χ4n) is 0.912. The van der Waals surface area contributed by atoms with Crippen molar-refractivity contribution in [3.8, 4) is 0 Å². The number of amides is 1. The second-order valence-corrected chi connectivity index (χ2v) is 3.58. The third-order valence-electron chi connectivity index (χ3n) is 1.61. The highest BCUT2D eigenvalue weighted by Crippen LogP contribution is 2.10. The number of nitrogens with zero attached hydrogens (tertiary/aromatic N) is 1. The van der Waals surface area contributed by atoms with Crippen LogP contribution in [-0.4, -0.2) is 24.5 Å². The maximum absolute atomic E-state index is 11.3. The number of halogens is 1. The van der Waals surface area contributed by atoms with E-state index in [4.69, 9.17) is 0 Å². The first-order valence-electron chi connectivity index (χ1n) is 4.28. The van der Waals surface area contributed by atoms with Gasteiger partial charge in [-0.2, -0.15) is 0 Å². The van der Waals surface area contributed by atoms with Crippen molar-refractivity contribution >= 4 is 27.5 Å². The summed E-state index contributed by atoms with van der Waals surface area (Å²) in [5, 5.41) is 5.65. The van der Waals surface area contributed by atoms with Crippen molar-refractivity contribution in [2.45, 2.75) is 6.42 Å². The SMILES string of the molecule is CNCCC(=O)Nc1ccc(Br)nc1. The molecular weight excluding hydrogens is 246 g/mol. The van der Waals surface area contributed by atoms with Gasteiger partial charge in [-0.05, 0) is 35.1 Å². The van der Waals surface area contributed by atoms with E-state index in [1.54, 1.807) is 18.3 Å². The Morgan fingerprint density at radius 3 is 2.93 bits per heavy atom. The summed E-state index contributed by atoms with van der Waals surface area (Å²) in [6.45, 7) is 0.676. The molecule has 76 valence electrons. The average molecular weight is 258 g/mol. The molecule has 0 aliphatic carbocycles. The van der Waals surface area contributed by atoms with E-state index in [1.807, 2.05) is 7.05 Å². The van der Waals surface area contributed by atoms with Crippen molar-refractivity contribution in [3.05, 3.63) is 22.9 Å². The van der Waals surface area contributed by atoms with Crippen LogP contribution in [-0.2, 0) is 4.79 Å². The normalized spacial score (nSPS) is 9.86. The predicted molar refractivity (Wildman–Crippen MR) is 59.1 cm³/mol. The summed E-state index contributed by atoms with van der Waals surface area (Å²) in [5.74, 6) is -0.0107. The van der Waals surface area contributed by atoms with Crippen LogP contribution in [0.25, 0.3) is 0 Å². The van der Waals surface area contributed by atoms with Crippen LogP contribution >= 0.6 is 15.9 Å². The quantitative estimate of drug-likeness (QED) is 0.802. The van der Waals surface area contributed by atoms with Crippen LogP contribution in [0.1, 0.15) is 6.42 Å². The zero-order valence-electron chi connectivity index (χ0n) is 7.88. The van der Waals surface area contributed by atoms with Crippen molar-refractivity contribution in [3.63, 3.8) is 0 Å². The molecule has 0 saturated heterocycles. The molecule has 0 aromatic carbocycles. The summed E-state index contributed by atoms with van der Waals surface area (Å²) >= 11 is 3.22. The van der Waals surface area contributed by atoms with Gasteiger partial charge in [-0.1, -0.05) is 0 Å². The highest BCUT2D eigenvalue weighted by atomic mass is 79.9. The van der Waals surface area contributed by atoms with E-state index >= 15 is 0 Å². The molecule has 0 bridgehead atoms. The van der Waals surface area contributed by atoms with Crippen molar-refractivity contribution in [1.82, 2.24) is 10.3 Å². The molecule has 0 spiro atoms.